The smallest absolute Gasteiger partial charge is 0.132 e. The van der Waals surface area contributed by atoms with E-state index in [0.29, 0.717) is 5.92 Å². The number of fused-ring (bicyclic) bond motifs is 1. The first kappa shape index (κ1) is 13.9. The fourth-order valence-electron chi connectivity index (χ4n) is 2.54. The Kier molecular flexibility index (Phi) is 4.83. The summed E-state index contributed by atoms with van der Waals surface area (Å²) < 4.78 is 0. The van der Waals surface area contributed by atoms with E-state index in [-0.39, 0.29) is 0 Å². The van der Waals surface area contributed by atoms with Crippen molar-refractivity contribution < 1.29 is 0 Å². The zero-order valence-electron chi connectivity index (χ0n) is 12.2. The molecule has 0 amide bonds. The summed E-state index contributed by atoms with van der Waals surface area (Å²) in [6.45, 7) is 6.63. The van der Waals surface area contributed by atoms with Gasteiger partial charge in [0.15, 0.2) is 0 Å². The molecule has 2 heterocycles. The minimum Gasteiger partial charge on any atom is -0.262 e. The van der Waals surface area contributed by atoms with Crippen LogP contribution in [0, 0.1) is 0 Å². The highest BCUT2D eigenvalue weighted by Crippen LogP contribution is 2.25. The molecule has 102 valence electrons. The van der Waals surface area contributed by atoms with Gasteiger partial charge < -0.3 is 0 Å². The Morgan fingerprint density at radius 2 is 1.95 bits per heavy atom. The van der Waals surface area contributed by atoms with Gasteiger partial charge in [-0.3, -0.25) is 4.98 Å². The zero-order valence-corrected chi connectivity index (χ0v) is 12.2. The minimum atomic E-state index is 0.477. The van der Waals surface area contributed by atoms with Crippen LogP contribution in [-0.4, -0.2) is 15.0 Å². The van der Waals surface area contributed by atoms with Crippen LogP contribution >= 0.6 is 0 Å². The molecule has 1 atom stereocenters. The molecule has 3 heteroatoms. The predicted molar refractivity (Wildman–Crippen MR) is 79.3 cm³/mol. The monoisotopic (exact) mass is 257 g/mol. The van der Waals surface area contributed by atoms with Crippen molar-refractivity contribution in [2.75, 3.05) is 0 Å². The van der Waals surface area contributed by atoms with E-state index >= 15 is 0 Å². The first-order valence-corrected chi connectivity index (χ1v) is 7.40. The third-order valence-electron chi connectivity index (χ3n) is 3.58. The van der Waals surface area contributed by atoms with Gasteiger partial charge in [0.2, 0.25) is 0 Å². The number of aryl methyl sites for hydroxylation is 1. The highest BCUT2D eigenvalue weighted by Gasteiger charge is 2.14. The number of rotatable bonds is 6. The Labute approximate surface area is 115 Å². The van der Waals surface area contributed by atoms with E-state index in [0.717, 1.165) is 42.4 Å². The average molecular weight is 257 g/mol. The van der Waals surface area contributed by atoms with E-state index in [9.17, 15) is 0 Å². The molecular weight excluding hydrogens is 234 g/mol. The van der Waals surface area contributed by atoms with Gasteiger partial charge in [0.05, 0.1) is 17.4 Å². The Morgan fingerprint density at radius 1 is 1.11 bits per heavy atom. The molecule has 2 rings (SSSR count). The summed E-state index contributed by atoms with van der Waals surface area (Å²) in [5.41, 5.74) is 2.17. The van der Waals surface area contributed by atoms with Crippen molar-refractivity contribution in [1.29, 1.82) is 0 Å². The maximum atomic E-state index is 4.84. The van der Waals surface area contributed by atoms with Crippen LogP contribution in [0.1, 0.15) is 63.9 Å². The van der Waals surface area contributed by atoms with Crippen molar-refractivity contribution in [1.82, 2.24) is 15.0 Å². The van der Waals surface area contributed by atoms with Crippen LogP contribution in [0.3, 0.4) is 0 Å². The highest BCUT2D eigenvalue weighted by molar-refractivity contribution is 5.79. The maximum Gasteiger partial charge on any atom is 0.132 e. The highest BCUT2D eigenvalue weighted by atomic mass is 14.9. The molecule has 0 fully saturated rings. The molecule has 0 saturated carbocycles. The number of nitrogens with zero attached hydrogens (tertiary/aromatic N) is 3. The minimum absolute atomic E-state index is 0.477. The van der Waals surface area contributed by atoms with Crippen LogP contribution in [0.15, 0.2) is 18.5 Å². The fourth-order valence-corrected chi connectivity index (χ4v) is 2.54. The van der Waals surface area contributed by atoms with Crippen LogP contribution < -0.4 is 0 Å². The summed E-state index contributed by atoms with van der Waals surface area (Å²) in [6, 6.07) is 2.03. The van der Waals surface area contributed by atoms with Gasteiger partial charge in [-0.2, -0.15) is 0 Å². The van der Waals surface area contributed by atoms with Crippen molar-refractivity contribution in [2.45, 2.75) is 58.8 Å². The third kappa shape index (κ3) is 3.09. The molecule has 19 heavy (non-hydrogen) atoms. The quantitative estimate of drug-likeness (QED) is 0.775. The lowest BCUT2D eigenvalue weighted by atomic mass is 9.99. The van der Waals surface area contributed by atoms with Crippen LogP contribution in [0.4, 0.5) is 0 Å². The van der Waals surface area contributed by atoms with Gasteiger partial charge in [-0.1, -0.05) is 33.6 Å². The van der Waals surface area contributed by atoms with Gasteiger partial charge in [-0.05, 0) is 25.3 Å². The largest absolute Gasteiger partial charge is 0.262 e. The molecule has 0 aliphatic carbocycles. The maximum absolute atomic E-state index is 4.84. The first-order valence-electron chi connectivity index (χ1n) is 7.40. The molecule has 0 aromatic carbocycles. The second-order valence-electron chi connectivity index (χ2n) is 5.07. The normalized spacial score (nSPS) is 12.8. The van der Waals surface area contributed by atoms with Crippen molar-refractivity contribution in [2.24, 2.45) is 0 Å². The molecule has 1 unspecified atom stereocenters. The molecule has 0 spiro atoms. The molecule has 0 aliphatic rings. The lowest BCUT2D eigenvalue weighted by Gasteiger charge is -2.15. The van der Waals surface area contributed by atoms with E-state index in [4.69, 9.17) is 9.97 Å². The molecule has 2 aromatic rings. The summed E-state index contributed by atoms with van der Waals surface area (Å²) in [4.78, 5) is 13.8. The lowest BCUT2D eigenvalue weighted by Crippen LogP contribution is -2.07. The van der Waals surface area contributed by atoms with Crippen LogP contribution in [0.2, 0.25) is 0 Å². The zero-order chi connectivity index (χ0) is 13.7. The van der Waals surface area contributed by atoms with Gasteiger partial charge in [0.1, 0.15) is 5.82 Å². The Bertz CT molecular complexity index is 537. The average Bonchev–Trinajstić information content (AvgIpc) is 2.45. The summed E-state index contributed by atoms with van der Waals surface area (Å²) in [7, 11) is 0. The predicted octanol–water partition coefficient (Wildman–Crippen LogP) is 4.27. The lowest BCUT2D eigenvalue weighted by molar-refractivity contribution is 0.563. The molecule has 2 aromatic heterocycles. The second-order valence-corrected chi connectivity index (χ2v) is 5.07. The summed E-state index contributed by atoms with van der Waals surface area (Å²) in [5.74, 6) is 1.48. The van der Waals surface area contributed by atoms with Crippen molar-refractivity contribution in [3.63, 3.8) is 0 Å². The van der Waals surface area contributed by atoms with Gasteiger partial charge in [-0.15, -0.1) is 0 Å². The van der Waals surface area contributed by atoms with E-state index in [1.807, 2.05) is 18.5 Å². The second kappa shape index (κ2) is 6.60. The van der Waals surface area contributed by atoms with Crippen molar-refractivity contribution in [3.05, 3.63) is 30.0 Å². The van der Waals surface area contributed by atoms with Gasteiger partial charge in [0.25, 0.3) is 0 Å². The topological polar surface area (TPSA) is 38.7 Å². The third-order valence-corrected chi connectivity index (χ3v) is 3.58. The molecule has 3 nitrogen and oxygen atoms in total. The SMILES string of the molecule is CCCc1nc(C(CC)CCC)nc2cnccc12. The van der Waals surface area contributed by atoms with Gasteiger partial charge >= 0.3 is 0 Å². The molecular formula is C16H23N3. The molecule has 0 radical (unpaired) electrons. The van der Waals surface area contributed by atoms with Crippen molar-refractivity contribution >= 4 is 10.9 Å². The molecule has 0 saturated heterocycles. The number of hydrogen-bond acceptors (Lipinski definition) is 3. The van der Waals surface area contributed by atoms with E-state index < -0.39 is 0 Å². The summed E-state index contributed by atoms with van der Waals surface area (Å²) in [6.07, 6.45) is 9.25. The van der Waals surface area contributed by atoms with Gasteiger partial charge in [0, 0.05) is 17.5 Å². The summed E-state index contributed by atoms with van der Waals surface area (Å²) in [5, 5.41) is 1.16. The standard InChI is InChI=1S/C16H23N3/c1-4-7-12(6-3)16-18-14(8-5-2)13-9-10-17-11-15(13)19-16/h9-12H,4-8H2,1-3H3. The van der Waals surface area contributed by atoms with Gasteiger partial charge in [-0.25, -0.2) is 9.97 Å². The number of aromatic nitrogens is 3. The van der Waals surface area contributed by atoms with Crippen LogP contribution in [0.25, 0.3) is 10.9 Å². The van der Waals surface area contributed by atoms with E-state index in [2.05, 4.69) is 25.8 Å². The van der Waals surface area contributed by atoms with E-state index in [1.54, 1.807) is 0 Å². The van der Waals surface area contributed by atoms with E-state index in [1.165, 1.54) is 12.1 Å². The Morgan fingerprint density at radius 3 is 2.63 bits per heavy atom. The first-order chi connectivity index (χ1) is 9.30. The fraction of sp³-hybridized carbons (Fsp3) is 0.562. The molecule has 0 aliphatic heterocycles. The number of hydrogen-bond donors (Lipinski definition) is 0. The van der Waals surface area contributed by atoms with Crippen molar-refractivity contribution in [3.8, 4) is 0 Å². The molecule has 0 N–H and O–H groups in total. The van der Waals surface area contributed by atoms with Crippen LogP contribution in [-0.2, 0) is 6.42 Å². The summed E-state index contributed by atoms with van der Waals surface area (Å²) >= 11 is 0. The Hall–Kier alpha value is -1.51. The number of pyridine rings is 1. The molecule has 0 bridgehead atoms. The van der Waals surface area contributed by atoms with Crippen LogP contribution in [0.5, 0.6) is 0 Å². The Balaban J connectivity index is 2.50.